The van der Waals surface area contributed by atoms with Crippen molar-refractivity contribution in [3.05, 3.63) is 93.7 Å². The predicted octanol–water partition coefficient (Wildman–Crippen LogP) is 4.82. The van der Waals surface area contributed by atoms with Gasteiger partial charge in [0.05, 0.1) is 18.7 Å². The van der Waals surface area contributed by atoms with Crippen molar-refractivity contribution in [2.75, 3.05) is 6.54 Å². The van der Waals surface area contributed by atoms with Crippen molar-refractivity contribution in [1.82, 2.24) is 4.90 Å². The second-order valence-corrected chi connectivity index (χ2v) is 8.38. The molecule has 148 valence electrons. The zero-order valence-corrected chi connectivity index (χ0v) is 17.3. The molecule has 0 N–H and O–H groups in total. The molecule has 1 aliphatic heterocycles. The lowest BCUT2D eigenvalue weighted by molar-refractivity contribution is -0.132. The molecule has 1 atom stereocenters. The van der Waals surface area contributed by atoms with Crippen LogP contribution < -0.4 is 0 Å². The fraction of sp³-hybridized carbons (Fsp3) is 0.250. The van der Waals surface area contributed by atoms with Crippen LogP contribution in [-0.4, -0.2) is 29.2 Å². The summed E-state index contributed by atoms with van der Waals surface area (Å²) in [5.41, 5.74) is 4.36. The van der Waals surface area contributed by atoms with Crippen LogP contribution in [0.1, 0.15) is 28.0 Å². The normalized spacial score (nSPS) is 15.6. The van der Waals surface area contributed by atoms with Crippen LogP contribution in [0.4, 0.5) is 0 Å². The van der Waals surface area contributed by atoms with E-state index in [2.05, 4.69) is 48.5 Å². The highest BCUT2D eigenvalue weighted by Crippen LogP contribution is 2.20. The summed E-state index contributed by atoms with van der Waals surface area (Å²) < 4.78 is 0. The summed E-state index contributed by atoms with van der Waals surface area (Å²) in [6, 6.07) is 22.4. The van der Waals surface area contributed by atoms with Gasteiger partial charge in [-0.25, -0.2) is 0 Å². The van der Waals surface area contributed by atoms with Gasteiger partial charge in [0.15, 0.2) is 6.10 Å². The highest BCUT2D eigenvalue weighted by atomic mass is 32.1. The van der Waals surface area contributed by atoms with Crippen molar-refractivity contribution < 1.29 is 9.63 Å². The number of carbonyl (C=O) groups is 1. The lowest BCUT2D eigenvalue weighted by atomic mass is 10.0. The number of aryl methyl sites for hydroxylation is 1. The second kappa shape index (κ2) is 9.05. The summed E-state index contributed by atoms with van der Waals surface area (Å²) in [7, 11) is 0. The molecule has 1 amide bonds. The topological polar surface area (TPSA) is 41.9 Å². The summed E-state index contributed by atoms with van der Waals surface area (Å²) in [6.07, 6.45) is 1.01. The van der Waals surface area contributed by atoms with Crippen LogP contribution in [0.15, 0.2) is 77.3 Å². The van der Waals surface area contributed by atoms with E-state index in [4.69, 9.17) is 4.84 Å². The van der Waals surface area contributed by atoms with Gasteiger partial charge in [0, 0.05) is 17.8 Å². The second-order valence-electron chi connectivity index (χ2n) is 7.35. The Morgan fingerprint density at radius 3 is 2.62 bits per heavy atom. The molecule has 1 unspecified atom stereocenters. The molecule has 0 bridgehead atoms. The fourth-order valence-corrected chi connectivity index (χ4v) is 4.12. The van der Waals surface area contributed by atoms with Gasteiger partial charge in [0.2, 0.25) is 5.91 Å². The Hall–Kier alpha value is -2.92. The molecule has 0 saturated heterocycles. The Balaban J connectivity index is 1.43. The molecule has 0 radical (unpaired) electrons. The van der Waals surface area contributed by atoms with Gasteiger partial charge in [0.1, 0.15) is 0 Å². The van der Waals surface area contributed by atoms with Crippen LogP contribution in [0.25, 0.3) is 0 Å². The monoisotopic (exact) mass is 404 g/mol. The smallest absolute Gasteiger partial charge is 0.228 e. The Bertz CT molecular complexity index is 966. The largest absolute Gasteiger partial charge is 0.390 e. The number of carbonyl (C=O) groups excluding carboxylic acids is 1. The third-order valence-corrected chi connectivity index (χ3v) is 5.89. The molecule has 5 heteroatoms. The summed E-state index contributed by atoms with van der Waals surface area (Å²) in [6.45, 7) is 3.17. The molecule has 2 aromatic carbocycles. The Morgan fingerprint density at radius 2 is 1.90 bits per heavy atom. The number of nitrogens with zero attached hydrogens (tertiary/aromatic N) is 2. The van der Waals surface area contributed by atoms with Crippen molar-refractivity contribution in [1.29, 1.82) is 0 Å². The molecule has 4 rings (SSSR count). The maximum absolute atomic E-state index is 13.0. The van der Waals surface area contributed by atoms with E-state index < -0.39 is 0 Å². The van der Waals surface area contributed by atoms with Crippen LogP contribution >= 0.6 is 11.3 Å². The van der Waals surface area contributed by atoms with Gasteiger partial charge in [-0.05, 0) is 29.5 Å². The standard InChI is InChI=1S/C24H24N2O2S/c1-18-9-11-20(12-10-18)23-14-21(28-25-23)17-26(16-19-6-3-2-4-7-19)24(27)15-22-8-5-13-29-22/h2-13,21H,14-17H2,1H3. The van der Waals surface area contributed by atoms with E-state index in [9.17, 15) is 4.79 Å². The Labute approximate surface area is 175 Å². The SMILES string of the molecule is Cc1ccc(C2=NOC(CN(Cc3ccccc3)C(=O)Cc3cccs3)C2)cc1. The van der Waals surface area contributed by atoms with Crippen molar-refractivity contribution >= 4 is 23.0 Å². The summed E-state index contributed by atoms with van der Waals surface area (Å²) in [5, 5.41) is 6.30. The van der Waals surface area contributed by atoms with Crippen molar-refractivity contribution in [2.45, 2.75) is 32.4 Å². The molecule has 2 heterocycles. The summed E-state index contributed by atoms with van der Waals surface area (Å²) in [4.78, 5) is 21.7. The molecule has 1 aliphatic rings. The van der Waals surface area contributed by atoms with Crippen molar-refractivity contribution in [2.24, 2.45) is 5.16 Å². The summed E-state index contributed by atoms with van der Waals surface area (Å²) >= 11 is 1.62. The molecule has 0 fully saturated rings. The van der Waals surface area contributed by atoms with Gasteiger partial charge in [0.25, 0.3) is 0 Å². The van der Waals surface area contributed by atoms with Gasteiger partial charge in [-0.15, -0.1) is 11.3 Å². The molecular weight excluding hydrogens is 380 g/mol. The number of oxime groups is 1. The lowest BCUT2D eigenvalue weighted by Crippen LogP contribution is -2.38. The Morgan fingerprint density at radius 1 is 1.10 bits per heavy atom. The van der Waals surface area contributed by atoms with E-state index in [0.717, 1.165) is 21.7 Å². The maximum Gasteiger partial charge on any atom is 0.228 e. The van der Waals surface area contributed by atoms with E-state index in [0.29, 0.717) is 25.9 Å². The summed E-state index contributed by atoms with van der Waals surface area (Å²) in [5.74, 6) is 0.115. The van der Waals surface area contributed by atoms with Gasteiger partial charge in [-0.1, -0.05) is 71.4 Å². The first-order valence-corrected chi connectivity index (χ1v) is 10.7. The zero-order chi connectivity index (χ0) is 20.1. The number of benzene rings is 2. The molecule has 4 nitrogen and oxygen atoms in total. The first-order valence-electron chi connectivity index (χ1n) is 9.81. The molecule has 0 spiro atoms. The Kier molecular flexibility index (Phi) is 6.06. The first kappa shape index (κ1) is 19.4. The quantitative estimate of drug-likeness (QED) is 0.566. The number of hydrogen-bond donors (Lipinski definition) is 0. The van der Waals surface area contributed by atoms with E-state index in [-0.39, 0.29) is 12.0 Å². The van der Waals surface area contributed by atoms with E-state index in [1.54, 1.807) is 11.3 Å². The van der Waals surface area contributed by atoms with Crippen LogP contribution in [0.3, 0.4) is 0 Å². The van der Waals surface area contributed by atoms with Crippen molar-refractivity contribution in [3.63, 3.8) is 0 Å². The average molecular weight is 405 g/mol. The van der Waals surface area contributed by atoms with E-state index in [1.165, 1.54) is 5.56 Å². The van der Waals surface area contributed by atoms with E-state index >= 15 is 0 Å². The van der Waals surface area contributed by atoms with Gasteiger partial charge in [-0.2, -0.15) is 0 Å². The highest BCUT2D eigenvalue weighted by Gasteiger charge is 2.27. The maximum atomic E-state index is 13.0. The predicted molar refractivity (Wildman–Crippen MR) is 117 cm³/mol. The average Bonchev–Trinajstić information content (AvgIpc) is 3.41. The molecule has 3 aromatic rings. The number of rotatable bonds is 7. The molecule has 0 aliphatic carbocycles. The van der Waals surface area contributed by atoms with Crippen molar-refractivity contribution in [3.8, 4) is 0 Å². The molecule has 0 saturated carbocycles. The zero-order valence-electron chi connectivity index (χ0n) is 16.5. The third kappa shape index (κ3) is 5.12. The minimum Gasteiger partial charge on any atom is -0.390 e. The van der Waals surface area contributed by atoms with Gasteiger partial charge < -0.3 is 9.74 Å². The van der Waals surface area contributed by atoms with Crippen LogP contribution in [-0.2, 0) is 22.6 Å². The number of thiophene rings is 1. The minimum atomic E-state index is -0.123. The van der Waals surface area contributed by atoms with Crippen LogP contribution in [0.5, 0.6) is 0 Å². The van der Waals surface area contributed by atoms with Gasteiger partial charge in [-0.3, -0.25) is 4.79 Å². The first-order chi connectivity index (χ1) is 14.2. The van der Waals surface area contributed by atoms with E-state index in [1.807, 2.05) is 40.6 Å². The minimum absolute atomic E-state index is 0.115. The molecule has 29 heavy (non-hydrogen) atoms. The van der Waals surface area contributed by atoms with Crippen LogP contribution in [0.2, 0.25) is 0 Å². The highest BCUT2D eigenvalue weighted by molar-refractivity contribution is 7.10. The number of hydrogen-bond acceptors (Lipinski definition) is 4. The lowest BCUT2D eigenvalue weighted by Gasteiger charge is -2.25. The van der Waals surface area contributed by atoms with Crippen LogP contribution in [0, 0.1) is 6.92 Å². The molecule has 1 aromatic heterocycles. The fourth-order valence-electron chi connectivity index (χ4n) is 3.42. The third-order valence-electron chi connectivity index (χ3n) is 5.02. The number of amides is 1. The van der Waals surface area contributed by atoms with Gasteiger partial charge >= 0.3 is 0 Å². The molecular formula is C24H24N2O2S.